The van der Waals surface area contributed by atoms with Crippen molar-refractivity contribution in [3.8, 4) is 0 Å². The standard InChI is InChI=1S/C21H30N6O2/c1-25-19(13-28)23-24-20(25)15-4-6-26(7-5-15)12-16-2-3-18-17-8-14(9-22-10-17)11-27(18)21(16)29/h2-3,14-15,17,22,28H,4-13H2,1H3/t14-,17+/m0/s1. The van der Waals surface area contributed by atoms with E-state index in [9.17, 15) is 9.90 Å². The lowest BCUT2D eigenvalue weighted by Crippen LogP contribution is -2.45. The molecule has 2 saturated heterocycles. The molecule has 3 aliphatic heterocycles. The Morgan fingerprint density at radius 1 is 1.17 bits per heavy atom. The lowest BCUT2D eigenvalue weighted by molar-refractivity contribution is 0.197. The van der Waals surface area contributed by atoms with Crippen molar-refractivity contribution in [2.75, 3.05) is 26.2 Å². The largest absolute Gasteiger partial charge is 0.388 e. The molecule has 3 aliphatic rings. The minimum atomic E-state index is -0.0810. The fourth-order valence-corrected chi connectivity index (χ4v) is 5.41. The Morgan fingerprint density at radius 2 is 2.00 bits per heavy atom. The van der Waals surface area contributed by atoms with E-state index in [0.29, 0.717) is 23.6 Å². The maximum Gasteiger partial charge on any atom is 0.255 e. The Morgan fingerprint density at radius 3 is 2.76 bits per heavy atom. The number of hydrogen-bond donors (Lipinski definition) is 2. The first-order valence-corrected chi connectivity index (χ1v) is 10.8. The molecule has 2 aromatic heterocycles. The molecule has 0 amide bonds. The van der Waals surface area contributed by atoms with E-state index in [2.05, 4.69) is 37.1 Å². The van der Waals surface area contributed by atoms with E-state index < -0.39 is 0 Å². The summed E-state index contributed by atoms with van der Waals surface area (Å²) in [5, 5.41) is 21.2. The van der Waals surface area contributed by atoms with E-state index >= 15 is 0 Å². The fraction of sp³-hybridized carbons (Fsp3) is 0.667. The lowest BCUT2D eigenvalue weighted by Gasteiger charge is -2.38. The van der Waals surface area contributed by atoms with Gasteiger partial charge in [0.25, 0.3) is 5.56 Å². The second-order valence-corrected chi connectivity index (χ2v) is 8.90. The van der Waals surface area contributed by atoms with Crippen LogP contribution in [0.15, 0.2) is 16.9 Å². The molecule has 5 rings (SSSR count). The molecule has 0 aliphatic carbocycles. The molecule has 0 aromatic carbocycles. The van der Waals surface area contributed by atoms with Gasteiger partial charge in [0.15, 0.2) is 5.82 Å². The maximum absolute atomic E-state index is 13.2. The van der Waals surface area contributed by atoms with E-state index in [-0.39, 0.29) is 12.2 Å². The number of aliphatic hydroxyl groups is 1. The Labute approximate surface area is 170 Å². The molecule has 8 heteroatoms. The van der Waals surface area contributed by atoms with Gasteiger partial charge in [-0.2, -0.15) is 0 Å². The zero-order chi connectivity index (χ0) is 20.0. The number of pyridine rings is 1. The van der Waals surface area contributed by atoms with Crippen LogP contribution in [-0.2, 0) is 26.7 Å². The van der Waals surface area contributed by atoms with Crippen LogP contribution in [0.5, 0.6) is 0 Å². The average molecular weight is 399 g/mol. The summed E-state index contributed by atoms with van der Waals surface area (Å²) >= 11 is 0. The van der Waals surface area contributed by atoms with Crippen molar-refractivity contribution in [3.63, 3.8) is 0 Å². The molecule has 2 bridgehead atoms. The van der Waals surface area contributed by atoms with Crippen molar-refractivity contribution in [2.24, 2.45) is 13.0 Å². The number of nitrogens with one attached hydrogen (secondary N) is 1. The van der Waals surface area contributed by atoms with Gasteiger partial charge >= 0.3 is 0 Å². The monoisotopic (exact) mass is 398 g/mol. The lowest BCUT2D eigenvalue weighted by atomic mass is 9.84. The summed E-state index contributed by atoms with van der Waals surface area (Å²) in [7, 11) is 1.92. The summed E-state index contributed by atoms with van der Waals surface area (Å²) in [5.74, 6) is 3.00. The van der Waals surface area contributed by atoms with Crippen LogP contribution in [0.1, 0.15) is 54.0 Å². The molecule has 0 unspecified atom stereocenters. The molecule has 2 atom stereocenters. The molecule has 2 fully saturated rings. The van der Waals surface area contributed by atoms with Gasteiger partial charge in [0.2, 0.25) is 0 Å². The minimum Gasteiger partial charge on any atom is -0.388 e. The molecule has 0 saturated carbocycles. The Hall–Kier alpha value is -2.03. The number of nitrogens with zero attached hydrogens (tertiary/aromatic N) is 5. The van der Waals surface area contributed by atoms with Gasteiger partial charge in [-0.25, -0.2) is 0 Å². The Bertz CT molecular complexity index is 943. The molecule has 5 heterocycles. The van der Waals surface area contributed by atoms with Gasteiger partial charge in [0.05, 0.1) is 0 Å². The van der Waals surface area contributed by atoms with Crippen LogP contribution in [0.2, 0.25) is 0 Å². The second kappa shape index (κ2) is 7.66. The quantitative estimate of drug-likeness (QED) is 0.782. The van der Waals surface area contributed by atoms with Crippen molar-refractivity contribution < 1.29 is 5.11 Å². The topological polar surface area (TPSA) is 88.2 Å². The average Bonchev–Trinajstić information content (AvgIpc) is 3.12. The highest BCUT2D eigenvalue weighted by Crippen LogP contribution is 2.32. The fourth-order valence-electron chi connectivity index (χ4n) is 5.41. The Kier molecular flexibility index (Phi) is 5.01. The molecular weight excluding hydrogens is 368 g/mol. The SMILES string of the molecule is Cn1c(CO)nnc1C1CCN(Cc2ccc3n(c2=O)C[C@@H]2CNC[C@H]3C2)CC1. The van der Waals surface area contributed by atoms with Gasteiger partial charge in [0, 0.05) is 49.8 Å². The van der Waals surface area contributed by atoms with E-state index in [1.54, 1.807) is 0 Å². The second-order valence-electron chi connectivity index (χ2n) is 8.90. The third kappa shape index (κ3) is 3.43. The Balaban J connectivity index is 1.27. The predicted molar refractivity (Wildman–Crippen MR) is 109 cm³/mol. The summed E-state index contributed by atoms with van der Waals surface area (Å²) in [6.07, 6.45) is 3.21. The van der Waals surface area contributed by atoms with Crippen molar-refractivity contribution in [3.05, 3.63) is 45.4 Å². The van der Waals surface area contributed by atoms with Gasteiger partial charge < -0.3 is 19.6 Å². The molecule has 2 N–H and O–H groups in total. The molecule has 2 aromatic rings. The van der Waals surface area contributed by atoms with Crippen LogP contribution < -0.4 is 10.9 Å². The summed E-state index contributed by atoms with van der Waals surface area (Å²) < 4.78 is 3.97. The van der Waals surface area contributed by atoms with Crippen molar-refractivity contribution in [2.45, 2.75) is 50.8 Å². The smallest absolute Gasteiger partial charge is 0.255 e. The summed E-state index contributed by atoms with van der Waals surface area (Å²) in [4.78, 5) is 15.5. The van der Waals surface area contributed by atoms with Crippen molar-refractivity contribution in [1.29, 1.82) is 0 Å². The third-order valence-electron chi connectivity index (χ3n) is 7.07. The highest BCUT2D eigenvalue weighted by molar-refractivity contribution is 5.22. The molecular formula is C21H30N6O2. The van der Waals surface area contributed by atoms with E-state index in [4.69, 9.17) is 0 Å². The van der Waals surface area contributed by atoms with Crippen LogP contribution >= 0.6 is 0 Å². The van der Waals surface area contributed by atoms with E-state index in [1.807, 2.05) is 11.6 Å². The van der Waals surface area contributed by atoms with Crippen LogP contribution in [0.3, 0.4) is 0 Å². The maximum atomic E-state index is 13.2. The van der Waals surface area contributed by atoms with Crippen molar-refractivity contribution >= 4 is 0 Å². The molecule has 29 heavy (non-hydrogen) atoms. The molecule has 156 valence electrons. The highest BCUT2D eigenvalue weighted by atomic mass is 16.3. The minimum absolute atomic E-state index is 0.0810. The van der Waals surface area contributed by atoms with Gasteiger partial charge in [0.1, 0.15) is 12.4 Å². The van der Waals surface area contributed by atoms with Gasteiger partial charge in [-0.1, -0.05) is 6.07 Å². The third-order valence-corrected chi connectivity index (χ3v) is 7.07. The normalized spacial score (nSPS) is 25.2. The van der Waals surface area contributed by atoms with E-state index in [1.165, 1.54) is 12.1 Å². The van der Waals surface area contributed by atoms with Crippen LogP contribution in [0.4, 0.5) is 0 Å². The first kappa shape index (κ1) is 19.0. The number of aliphatic hydroxyl groups excluding tert-OH is 1. The van der Waals surface area contributed by atoms with Crippen LogP contribution in [0.25, 0.3) is 0 Å². The van der Waals surface area contributed by atoms with Crippen LogP contribution in [-0.4, -0.2) is 55.5 Å². The first-order valence-electron chi connectivity index (χ1n) is 10.8. The highest BCUT2D eigenvalue weighted by Gasteiger charge is 2.32. The molecule has 0 radical (unpaired) electrons. The van der Waals surface area contributed by atoms with Crippen LogP contribution in [0, 0.1) is 5.92 Å². The number of piperidine rings is 2. The predicted octanol–water partition coefficient (Wildman–Crippen LogP) is 0.555. The van der Waals surface area contributed by atoms with Gasteiger partial charge in [-0.15, -0.1) is 10.2 Å². The van der Waals surface area contributed by atoms with Gasteiger partial charge in [-0.05, 0) is 50.9 Å². The van der Waals surface area contributed by atoms with Crippen molar-refractivity contribution in [1.82, 2.24) is 29.5 Å². The molecule has 0 spiro atoms. The first-order chi connectivity index (χ1) is 14.1. The number of hydrogen-bond acceptors (Lipinski definition) is 6. The zero-order valence-electron chi connectivity index (χ0n) is 17.0. The molecule has 8 nitrogen and oxygen atoms in total. The summed E-state index contributed by atoms with van der Waals surface area (Å²) in [6, 6.07) is 4.25. The number of likely N-dealkylation sites (tertiary alicyclic amines) is 1. The number of rotatable bonds is 4. The zero-order valence-corrected chi connectivity index (χ0v) is 17.0. The summed E-state index contributed by atoms with van der Waals surface area (Å²) in [5.41, 5.74) is 2.34. The van der Waals surface area contributed by atoms with Gasteiger partial charge in [-0.3, -0.25) is 9.69 Å². The van der Waals surface area contributed by atoms with E-state index in [0.717, 1.165) is 63.5 Å². The number of fused-ring (bicyclic) bond motifs is 4. The number of aromatic nitrogens is 4. The summed E-state index contributed by atoms with van der Waals surface area (Å²) in [6.45, 7) is 5.41.